The van der Waals surface area contributed by atoms with Gasteiger partial charge in [-0.15, -0.1) is 0 Å². The highest BCUT2D eigenvalue weighted by Gasteiger charge is 1.93. The highest BCUT2D eigenvalue weighted by atomic mass is 14.9. The number of rotatable bonds is 0. The Morgan fingerprint density at radius 3 is 0.909 bits per heavy atom. The van der Waals surface area contributed by atoms with Gasteiger partial charge in [0.2, 0.25) is 0 Å². The van der Waals surface area contributed by atoms with Crippen molar-refractivity contribution in [2.24, 2.45) is 0 Å². The van der Waals surface area contributed by atoms with Crippen molar-refractivity contribution in [2.75, 3.05) is 26.2 Å². The zero-order valence-corrected chi connectivity index (χ0v) is 6.66. The molecule has 0 saturated carbocycles. The fraction of sp³-hybridized carbons (Fsp3) is 1.00. The number of hydrogen-bond acceptors (Lipinski definition) is 2. The van der Waals surface area contributed by atoms with E-state index in [9.17, 15) is 0 Å². The van der Waals surface area contributed by atoms with Crippen LogP contribution in [0.15, 0.2) is 0 Å². The second-order valence-electron chi connectivity index (χ2n) is 2.91. The smallest absolute Gasteiger partial charge is 0.0814 e. The van der Waals surface area contributed by atoms with Gasteiger partial charge in [-0.2, -0.15) is 0 Å². The predicted octanol–water partition coefficient (Wildman–Crippen LogP) is -0.444. The standard InChI is InChI=1S/2C4H9N.BH3/c2*1-2-4-5-3-1;/h2*5H,1-4H2;1H3. The van der Waals surface area contributed by atoms with Crippen molar-refractivity contribution in [1.29, 1.82) is 0 Å². The van der Waals surface area contributed by atoms with E-state index in [1.54, 1.807) is 0 Å². The lowest BCUT2D eigenvalue weighted by molar-refractivity contribution is 0.857. The first-order chi connectivity index (χ1) is 5.00. The van der Waals surface area contributed by atoms with Gasteiger partial charge in [-0.3, -0.25) is 0 Å². The van der Waals surface area contributed by atoms with E-state index in [1.165, 1.54) is 51.9 Å². The van der Waals surface area contributed by atoms with E-state index < -0.39 is 0 Å². The van der Waals surface area contributed by atoms with E-state index in [1.807, 2.05) is 0 Å². The van der Waals surface area contributed by atoms with E-state index in [0.29, 0.717) is 0 Å². The van der Waals surface area contributed by atoms with Crippen molar-refractivity contribution in [3.05, 3.63) is 0 Å². The van der Waals surface area contributed by atoms with Crippen molar-refractivity contribution >= 4 is 8.41 Å². The molecule has 0 unspecified atom stereocenters. The molecule has 2 rings (SSSR count). The summed E-state index contributed by atoms with van der Waals surface area (Å²) in [6.45, 7) is 5.00. The molecule has 0 spiro atoms. The minimum atomic E-state index is 0. The Balaban J connectivity index is 0.000000167. The molecule has 0 aromatic rings. The van der Waals surface area contributed by atoms with Gasteiger partial charge < -0.3 is 10.6 Å². The van der Waals surface area contributed by atoms with Gasteiger partial charge in [0, 0.05) is 0 Å². The SMILES string of the molecule is B.C1CCNC1.C1CCNC1. The molecule has 2 N–H and O–H groups in total. The Kier molecular flexibility index (Phi) is 8.07. The number of hydrogen-bond donors (Lipinski definition) is 2. The van der Waals surface area contributed by atoms with Crippen LogP contribution < -0.4 is 10.6 Å². The van der Waals surface area contributed by atoms with Crippen LogP contribution in [0.5, 0.6) is 0 Å². The lowest BCUT2D eigenvalue weighted by atomic mass is 10.4. The van der Waals surface area contributed by atoms with E-state index in [0.717, 1.165) is 0 Å². The van der Waals surface area contributed by atoms with Crippen LogP contribution in [0, 0.1) is 0 Å². The first-order valence-electron chi connectivity index (χ1n) is 4.41. The summed E-state index contributed by atoms with van der Waals surface area (Å²) in [5.74, 6) is 0. The molecule has 2 saturated heterocycles. The highest BCUT2D eigenvalue weighted by molar-refractivity contribution is 5.75. The number of nitrogens with one attached hydrogen (secondary N) is 2. The van der Waals surface area contributed by atoms with E-state index in [-0.39, 0.29) is 8.41 Å². The topological polar surface area (TPSA) is 24.1 Å². The molecular formula is C8H21BN2. The summed E-state index contributed by atoms with van der Waals surface area (Å²) in [7, 11) is 0. The van der Waals surface area contributed by atoms with E-state index >= 15 is 0 Å². The molecule has 0 aliphatic carbocycles. The van der Waals surface area contributed by atoms with E-state index in [2.05, 4.69) is 10.6 Å². The van der Waals surface area contributed by atoms with Crippen molar-refractivity contribution < 1.29 is 0 Å². The van der Waals surface area contributed by atoms with Gasteiger partial charge in [-0.1, -0.05) is 0 Å². The molecule has 3 heteroatoms. The van der Waals surface area contributed by atoms with Gasteiger partial charge in [0.1, 0.15) is 0 Å². The first-order valence-corrected chi connectivity index (χ1v) is 4.41. The maximum Gasteiger partial charge on any atom is 0.0814 e. The van der Waals surface area contributed by atoms with Crippen LogP contribution in [-0.2, 0) is 0 Å². The molecule has 0 aromatic carbocycles. The second-order valence-corrected chi connectivity index (χ2v) is 2.91. The fourth-order valence-corrected chi connectivity index (χ4v) is 1.25. The van der Waals surface area contributed by atoms with Crippen LogP contribution in [0.25, 0.3) is 0 Å². The molecule has 2 nitrogen and oxygen atoms in total. The average Bonchev–Trinajstić information content (AvgIpc) is 2.67. The monoisotopic (exact) mass is 156 g/mol. The molecular weight excluding hydrogens is 135 g/mol. The van der Waals surface area contributed by atoms with Gasteiger partial charge in [0.15, 0.2) is 0 Å². The largest absolute Gasteiger partial charge is 0.317 e. The minimum absolute atomic E-state index is 0. The minimum Gasteiger partial charge on any atom is -0.317 e. The maximum absolute atomic E-state index is 3.22. The summed E-state index contributed by atoms with van der Waals surface area (Å²) in [5, 5.41) is 6.44. The molecule has 0 radical (unpaired) electrons. The second kappa shape index (κ2) is 8.09. The van der Waals surface area contributed by atoms with Gasteiger partial charge in [0.05, 0.1) is 8.41 Å². The zero-order chi connectivity index (χ0) is 7.07. The van der Waals surface area contributed by atoms with Crippen LogP contribution in [0.1, 0.15) is 25.7 Å². The molecule has 0 aromatic heterocycles. The highest BCUT2D eigenvalue weighted by Crippen LogP contribution is 1.90. The van der Waals surface area contributed by atoms with Gasteiger partial charge in [0.25, 0.3) is 0 Å². The molecule has 0 bridgehead atoms. The summed E-state index contributed by atoms with van der Waals surface area (Å²) in [4.78, 5) is 0. The molecule has 66 valence electrons. The summed E-state index contributed by atoms with van der Waals surface area (Å²) >= 11 is 0. The summed E-state index contributed by atoms with van der Waals surface area (Å²) in [6.07, 6.45) is 5.56. The third-order valence-electron chi connectivity index (χ3n) is 1.91. The van der Waals surface area contributed by atoms with Crippen molar-refractivity contribution in [1.82, 2.24) is 10.6 Å². The lowest BCUT2D eigenvalue weighted by Gasteiger charge is -1.76. The summed E-state index contributed by atoms with van der Waals surface area (Å²) in [6, 6.07) is 0. The molecule has 0 amide bonds. The molecule has 2 aliphatic heterocycles. The van der Waals surface area contributed by atoms with Crippen LogP contribution in [-0.4, -0.2) is 34.6 Å². The Labute approximate surface area is 71.7 Å². The summed E-state index contributed by atoms with van der Waals surface area (Å²) < 4.78 is 0. The Hall–Kier alpha value is -0.0151. The zero-order valence-electron chi connectivity index (χ0n) is 6.66. The molecule has 2 heterocycles. The molecule has 11 heavy (non-hydrogen) atoms. The van der Waals surface area contributed by atoms with Gasteiger partial charge in [-0.05, 0) is 51.9 Å². The van der Waals surface area contributed by atoms with Gasteiger partial charge >= 0.3 is 0 Å². The third kappa shape index (κ3) is 6.39. The predicted molar refractivity (Wildman–Crippen MR) is 54.1 cm³/mol. The summed E-state index contributed by atoms with van der Waals surface area (Å²) in [5.41, 5.74) is 0. The van der Waals surface area contributed by atoms with Crippen LogP contribution >= 0.6 is 0 Å². The normalized spacial score (nSPS) is 21.8. The molecule has 2 fully saturated rings. The molecule has 2 aliphatic rings. The Morgan fingerprint density at radius 2 is 0.818 bits per heavy atom. The molecule has 0 atom stereocenters. The first kappa shape index (κ1) is 11.0. The van der Waals surface area contributed by atoms with Crippen LogP contribution in [0.4, 0.5) is 0 Å². The van der Waals surface area contributed by atoms with Crippen molar-refractivity contribution in [3.8, 4) is 0 Å². The lowest BCUT2D eigenvalue weighted by Crippen LogP contribution is -2.03. The third-order valence-corrected chi connectivity index (χ3v) is 1.91. The quantitative estimate of drug-likeness (QED) is 0.464. The maximum atomic E-state index is 3.22. The van der Waals surface area contributed by atoms with Crippen molar-refractivity contribution in [3.63, 3.8) is 0 Å². The Morgan fingerprint density at radius 1 is 0.545 bits per heavy atom. The van der Waals surface area contributed by atoms with Gasteiger partial charge in [-0.25, -0.2) is 0 Å². The van der Waals surface area contributed by atoms with Crippen molar-refractivity contribution in [2.45, 2.75) is 25.7 Å². The van der Waals surface area contributed by atoms with Crippen LogP contribution in [0.2, 0.25) is 0 Å². The van der Waals surface area contributed by atoms with Crippen LogP contribution in [0.3, 0.4) is 0 Å². The Bertz CT molecular complexity index is 45.3. The van der Waals surface area contributed by atoms with E-state index in [4.69, 9.17) is 0 Å². The fourth-order valence-electron chi connectivity index (χ4n) is 1.25. The average molecular weight is 156 g/mol.